The van der Waals surface area contributed by atoms with Crippen molar-refractivity contribution in [1.82, 2.24) is 10.1 Å². The summed E-state index contributed by atoms with van der Waals surface area (Å²) in [6.07, 6.45) is 0. The normalized spacial score (nSPS) is 11.5. The number of thiazole rings is 1. The molecule has 0 atom stereocenters. The van der Waals surface area contributed by atoms with E-state index >= 15 is 0 Å². The standard InChI is InChI=1S/C9H8ClN3O4S2/c1-4-3-6(13-17-4)7(14)12-9-11-5(2)8(18-9)19(10,15)16/h3H,1-2H3,(H,11,12,14). The van der Waals surface area contributed by atoms with Crippen molar-refractivity contribution in [3.05, 3.63) is 23.2 Å². The number of anilines is 1. The number of hydrogen-bond donors (Lipinski definition) is 1. The van der Waals surface area contributed by atoms with Gasteiger partial charge < -0.3 is 4.52 Å². The van der Waals surface area contributed by atoms with Crippen LogP contribution in [0.4, 0.5) is 5.13 Å². The van der Waals surface area contributed by atoms with Crippen molar-refractivity contribution in [2.75, 3.05) is 5.32 Å². The van der Waals surface area contributed by atoms with Crippen LogP contribution in [0.1, 0.15) is 21.9 Å². The molecule has 10 heteroatoms. The predicted octanol–water partition coefficient (Wildman–Crippen LogP) is 1.93. The lowest BCUT2D eigenvalue weighted by Crippen LogP contribution is -2.11. The molecule has 102 valence electrons. The lowest BCUT2D eigenvalue weighted by molar-refractivity contribution is 0.101. The highest BCUT2D eigenvalue weighted by atomic mass is 35.7. The number of halogens is 1. The molecule has 0 aliphatic carbocycles. The maximum Gasteiger partial charge on any atom is 0.279 e. The third-order valence-corrected chi connectivity index (χ3v) is 5.31. The lowest BCUT2D eigenvalue weighted by atomic mass is 10.4. The van der Waals surface area contributed by atoms with E-state index in [1.807, 2.05) is 0 Å². The van der Waals surface area contributed by atoms with Gasteiger partial charge in [-0.05, 0) is 13.8 Å². The average molecular weight is 322 g/mol. The maximum absolute atomic E-state index is 11.7. The molecule has 19 heavy (non-hydrogen) atoms. The fourth-order valence-corrected chi connectivity index (χ4v) is 3.64. The number of rotatable bonds is 3. The molecule has 1 N–H and O–H groups in total. The van der Waals surface area contributed by atoms with Crippen LogP contribution in [-0.4, -0.2) is 24.5 Å². The summed E-state index contributed by atoms with van der Waals surface area (Å²) < 4.78 is 27.1. The molecule has 0 saturated carbocycles. The van der Waals surface area contributed by atoms with Gasteiger partial charge in [-0.1, -0.05) is 16.5 Å². The van der Waals surface area contributed by atoms with E-state index in [0.717, 1.165) is 11.3 Å². The summed E-state index contributed by atoms with van der Waals surface area (Å²) in [5.41, 5.74) is 0.312. The third-order valence-electron chi connectivity index (χ3n) is 2.06. The van der Waals surface area contributed by atoms with E-state index in [4.69, 9.17) is 15.2 Å². The van der Waals surface area contributed by atoms with Crippen molar-refractivity contribution >= 4 is 42.1 Å². The highest BCUT2D eigenvalue weighted by Crippen LogP contribution is 2.29. The van der Waals surface area contributed by atoms with Crippen molar-refractivity contribution in [1.29, 1.82) is 0 Å². The molecule has 2 heterocycles. The minimum absolute atomic E-state index is 0.0839. The van der Waals surface area contributed by atoms with Gasteiger partial charge in [-0.3, -0.25) is 10.1 Å². The zero-order chi connectivity index (χ0) is 14.2. The smallest absolute Gasteiger partial charge is 0.279 e. The highest BCUT2D eigenvalue weighted by Gasteiger charge is 2.21. The Balaban J connectivity index is 2.23. The molecule has 0 fully saturated rings. The summed E-state index contributed by atoms with van der Waals surface area (Å²) in [6, 6.07) is 1.45. The van der Waals surface area contributed by atoms with Gasteiger partial charge in [0.15, 0.2) is 15.0 Å². The molecule has 0 aliphatic heterocycles. The number of nitrogens with zero attached hydrogens (tertiary/aromatic N) is 2. The zero-order valence-corrected chi connectivity index (χ0v) is 12.2. The molecule has 0 spiro atoms. The van der Waals surface area contributed by atoms with Crippen LogP contribution in [0.15, 0.2) is 14.8 Å². The van der Waals surface area contributed by atoms with Gasteiger partial charge in [0.05, 0.1) is 5.69 Å². The number of carbonyl (C=O) groups excluding carboxylic acids is 1. The summed E-state index contributed by atoms with van der Waals surface area (Å²) in [6.45, 7) is 3.14. The molecule has 0 aliphatic rings. The molecule has 0 radical (unpaired) electrons. The summed E-state index contributed by atoms with van der Waals surface area (Å²) >= 11 is 0.775. The van der Waals surface area contributed by atoms with E-state index < -0.39 is 15.0 Å². The van der Waals surface area contributed by atoms with Crippen LogP contribution in [0.5, 0.6) is 0 Å². The van der Waals surface area contributed by atoms with Gasteiger partial charge in [0.25, 0.3) is 15.0 Å². The van der Waals surface area contributed by atoms with Crippen LogP contribution in [0.2, 0.25) is 0 Å². The SMILES string of the molecule is Cc1cc(C(=O)Nc2nc(C)c(S(=O)(=O)Cl)s2)no1. The number of hydrogen-bond acceptors (Lipinski definition) is 7. The Morgan fingerprint density at radius 1 is 1.47 bits per heavy atom. The Bertz CT molecular complexity index is 734. The van der Waals surface area contributed by atoms with Crippen molar-refractivity contribution in [2.45, 2.75) is 18.1 Å². The molecule has 0 saturated heterocycles. The van der Waals surface area contributed by atoms with Gasteiger partial charge in [0.1, 0.15) is 5.76 Å². The lowest BCUT2D eigenvalue weighted by Gasteiger charge is -1.95. The van der Waals surface area contributed by atoms with E-state index in [2.05, 4.69) is 15.5 Å². The summed E-state index contributed by atoms with van der Waals surface area (Å²) in [5.74, 6) is -0.0476. The van der Waals surface area contributed by atoms with Crippen LogP contribution in [-0.2, 0) is 9.05 Å². The second-order valence-corrected chi connectivity index (χ2v) is 7.37. The number of carbonyl (C=O) groups is 1. The van der Waals surface area contributed by atoms with Crippen molar-refractivity contribution in [3.63, 3.8) is 0 Å². The molecular formula is C9H8ClN3O4S2. The van der Waals surface area contributed by atoms with Crippen LogP contribution in [0.25, 0.3) is 0 Å². The zero-order valence-electron chi connectivity index (χ0n) is 9.80. The summed E-state index contributed by atoms with van der Waals surface area (Å²) in [7, 11) is 1.37. The number of nitrogens with one attached hydrogen (secondary N) is 1. The van der Waals surface area contributed by atoms with Gasteiger partial charge in [-0.15, -0.1) is 0 Å². The monoisotopic (exact) mass is 321 g/mol. The molecule has 2 aromatic rings. The summed E-state index contributed by atoms with van der Waals surface area (Å²) in [4.78, 5) is 15.7. The van der Waals surface area contributed by atoms with Crippen molar-refractivity contribution in [2.24, 2.45) is 0 Å². The molecule has 2 rings (SSSR count). The Labute approximate surface area is 117 Å². The fraction of sp³-hybridized carbons (Fsp3) is 0.222. The second-order valence-electron chi connectivity index (χ2n) is 3.61. The first-order chi connectivity index (χ1) is 8.77. The number of aryl methyl sites for hydroxylation is 2. The van der Waals surface area contributed by atoms with Crippen LogP contribution >= 0.6 is 22.0 Å². The van der Waals surface area contributed by atoms with Crippen LogP contribution < -0.4 is 5.32 Å². The van der Waals surface area contributed by atoms with E-state index in [9.17, 15) is 13.2 Å². The molecule has 2 aromatic heterocycles. The van der Waals surface area contributed by atoms with Crippen molar-refractivity contribution in [3.8, 4) is 0 Å². The van der Waals surface area contributed by atoms with Gasteiger partial charge in [-0.25, -0.2) is 13.4 Å². The Kier molecular flexibility index (Phi) is 3.61. The van der Waals surface area contributed by atoms with Gasteiger partial charge in [0.2, 0.25) is 0 Å². The fourth-order valence-electron chi connectivity index (χ4n) is 1.30. The molecular weight excluding hydrogens is 314 g/mol. The highest BCUT2D eigenvalue weighted by molar-refractivity contribution is 8.15. The molecule has 0 bridgehead atoms. The van der Waals surface area contributed by atoms with E-state index in [1.165, 1.54) is 13.0 Å². The van der Waals surface area contributed by atoms with E-state index in [-0.39, 0.29) is 20.7 Å². The maximum atomic E-state index is 11.7. The Hall–Kier alpha value is -1.45. The Morgan fingerprint density at radius 2 is 2.16 bits per heavy atom. The second kappa shape index (κ2) is 4.91. The third kappa shape index (κ3) is 3.11. The van der Waals surface area contributed by atoms with E-state index in [0.29, 0.717) is 5.76 Å². The molecule has 7 nitrogen and oxygen atoms in total. The first-order valence-corrected chi connectivity index (χ1v) is 8.06. The molecule has 0 unspecified atom stereocenters. The predicted molar refractivity (Wildman–Crippen MR) is 69.1 cm³/mol. The largest absolute Gasteiger partial charge is 0.361 e. The number of amides is 1. The average Bonchev–Trinajstić information content (AvgIpc) is 2.84. The van der Waals surface area contributed by atoms with E-state index in [1.54, 1.807) is 6.92 Å². The molecule has 1 amide bonds. The first-order valence-electron chi connectivity index (χ1n) is 4.94. The Morgan fingerprint density at radius 3 is 2.63 bits per heavy atom. The van der Waals surface area contributed by atoms with Gasteiger partial charge >= 0.3 is 0 Å². The topological polar surface area (TPSA) is 102 Å². The van der Waals surface area contributed by atoms with Gasteiger partial charge in [-0.2, -0.15) is 0 Å². The van der Waals surface area contributed by atoms with Crippen LogP contribution in [0, 0.1) is 13.8 Å². The van der Waals surface area contributed by atoms with Crippen molar-refractivity contribution < 1.29 is 17.7 Å². The minimum Gasteiger partial charge on any atom is -0.361 e. The van der Waals surface area contributed by atoms with Gasteiger partial charge in [0, 0.05) is 16.7 Å². The minimum atomic E-state index is -3.87. The first kappa shape index (κ1) is 14.0. The quantitative estimate of drug-likeness (QED) is 0.866. The van der Waals surface area contributed by atoms with Crippen LogP contribution in [0.3, 0.4) is 0 Å². The summed E-state index contributed by atoms with van der Waals surface area (Å²) in [5, 5.41) is 6.09. The number of aromatic nitrogens is 2. The molecule has 0 aromatic carbocycles.